The van der Waals surface area contributed by atoms with Crippen LogP contribution in [0.3, 0.4) is 0 Å². The average molecular weight is 201 g/mol. The van der Waals surface area contributed by atoms with Crippen molar-refractivity contribution in [3.63, 3.8) is 0 Å². The van der Waals surface area contributed by atoms with Gasteiger partial charge in [0, 0.05) is 6.04 Å². The minimum Gasteiger partial charge on any atom is -0.467 e. The molecule has 1 aliphatic carbocycles. The van der Waals surface area contributed by atoms with E-state index < -0.39 is 0 Å². The van der Waals surface area contributed by atoms with Crippen LogP contribution in [-0.4, -0.2) is 28.1 Å². The SMILES string of the molecule is COc1nc(Cl)nc(NC2CC2)n1. The number of anilines is 1. The molecule has 1 aromatic heterocycles. The Labute approximate surface area is 80.5 Å². The molecule has 0 unspecified atom stereocenters. The van der Waals surface area contributed by atoms with E-state index in [1.54, 1.807) is 0 Å². The standard InChI is InChI=1S/C7H9ClN4O/c1-13-7-11-5(8)10-6(12-7)9-4-2-3-4/h4H,2-3H2,1H3,(H,9,10,11,12). The first-order chi connectivity index (χ1) is 6.28. The van der Waals surface area contributed by atoms with E-state index in [1.165, 1.54) is 7.11 Å². The first-order valence-corrected chi connectivity index (χ1v) is 4.38. The Morgan fingerprint density at radius 1 is 1.38 bits per heavy atom. The van der Waals surface area contributed by atoms with Crippen molar-refractivity contribution in [2.24, 2.45) is 0 Å². The number of nitrogens with one attached hydrogen (secondary N) is 1. The van der Waals surface area contributed by atoms with E-state index in [0.29, 0.717) is 12.0 Å². The van der Waals surface area contributed by atoms with Gasteiger partial charge in [-0.3, -0.25) is 0 Å². The maximum absolute atomic E-state index is 5.65. The Hall–Kier alpha value is -1.10. The number of rotatable bonds is 3. The topological polar surface area (TPSA) is 59.9 Å². The van der Waals surface area contributed by atoms with Crippen molar-refractivity contribution < 1.29 is 4.74 Å². The van der Waals surface area contributed by atoms with Crippen LogP contribution in [0, 0.1) is 0 Å². The van der Waals surface area contributed by atoms with Crippen LogP contribution in [0.5, 0.6) is 6.01 Å². The van der Waals surface area contributed by atoms with Crippen molar-refractivity contribution in [2.45, 2.75) is 18.9 Å². The van der Waals surface area contributed by atoms with Crippen LogP contribution in [0.2, 0.25) is 5.28 Å². The molecule has 0 bridgehead atoms. The van der Waals surface area contributed by atoms with E-state index in [9.17, 15) is 0 Å². The van der Waals surface area contributed by atoms with E-state index in [1.807, 2.05) is 0 Å². The van der Waals surface area contributed by atoms with Crippen LogP contribution in [0.1, 0.15) is 12.8 Å². The van der Waals surface area contributed by atoms with Gasteiger partial charge in [-0.25, -0.2) is 0 Å². The number of hydrogen-bond acceptors (Lipinski definition) is 5. The first kappa shape index (κ1) is 8.50. The van der Waals surface area contributed by atoms with Gasteiger partial charge < -0.3 is 10.1 Å². The zero-order valence-corrected chi connectivity index (χ0v) is 7.88. The normalized spacial score (nSPS) is 15.5. The molecule has 1 N–H and O–H groups in total. The van der Waals surface area contributed by atoms with Gasteiger partial charge in [0.05, 0.1) is 7.11 Å². The monoisotopic (exact) mass is 200 g/mol. The highest BCUT2D eigenvalue weighted by molar-refractivity contribution is 6.28. The molecule has 0 saturated heterocycles. The van der Waals surface area contributed by atoms with Crippen LogP contribution < -0.4 is 10.1 Å². The smallest absolute Gasteiger partial charge is 0.322 e. The Bertz CT molecular complexity index is 315. The molecule has 2 rings (SSSR count). The maximum atomic E-state index is 5.65. The summed E-state index contributed by atoms with van der Waals surface area (Å²) in [7, 11) is 1.49. The lowest BCUT2D eigenvalue weighted by atomic mass is 10.7. The van der Waals surface area contributed by atoms with Gasteiger partial charge >= 0.3 is 6.01 Å². The Kier molecular flexibility index (Phi) is 2.18. The molecular formula is C7H9ClN4O. The van der Waals surface area contributed by atoms with Gasteiger partial charge in [-0.05, 0) is 24.4 Å². The Morgan fingerprint density at radius 2 is 2.15 bits per heavy atom. The number of halogens is 1. The van der Waals surface area contributed by atoms with Gasteiger partial charge in [0.25, 0.3) is 0 Å². The van der Waals surface area contributed by atoms with Gasteiger partial charge in [0.15, 0.2) is 0 Å². The summed E-state index contributed by atoms with van der Waals surface area (Å²) in [5.41, 5.74) is 0. The fourth-order valence-electron chi connectivity index (χ4n) is 0.898. The third kappa shape index (κ3) is 2.18. The van der Waals surface area contributed by atoms with Crippen molar-refractivity contribution in [3.8, 4) is 6.01 Å². The molecule has 5 nitrogen and oxygen atoms in total. The quantitative estimate of drug-likeness (QED) is 0.792. The summed E-state index contributed by atoms with van der Waals surface area (Å²) in [4.78, 5) is 11.7. The van der Waals surface area contributed by atoms with E-state index >= 15 is 0 Å². The zero-order chi connectivity index (χ0) is 9.26. The van der Waals surface area contributed by atoms with Gasteiger partial charge in [-0.15, -0.1) is 0 Å². The van der Waals surface area contributed by atoms with Crippen LogP contribution in [-0.2, 0) is 0 Å². The van der Waals surface area contributed by atoms with Crippen LogP contribution in [0.25, 0.3) is 0 Å². The van der Waals surface area contributed by atoms with E-state index in [0.717, 1.165) is 12.8 Å². The number of aromatic nitrogens is 3. The molecule has 1 aromatic rings. The highest BCUT2D eigenvalue weighted by Gasteiger charge is 2.22. The summed E-state index contributed by atoms with van der Waals surface area (Å²) in [6, 6.07) is 0.728. The minimum absolute atomic E-state index is 0.148. The number of nitrogens with zero attached hydrogens (tertiary/aromatic N) is 3. The summed E-state index contributed by atoms with van der Waals surface area (Å²) >= 11 is 5.65. The predicted molar refractivity (Wildman–Crippen MR) is 48.0 cm³/mol. The molecule has 0 atom stereocenters. The highest BCUT2D eigenvalue weighted by atomic mass is 35.5. The van der Waals surface area contributed by atoms with Crippen LogP contribution in [0.4, 0.5) is 5.95 Å². The Balaban J connectivity index is 2.17. The number of ether oxygens (including phenoxy) is 1. The van der Waals surface area contributed by atoms with E-state index in [-0.39, 0.29) is 11.3 Å². The molecule has 70 valence electrons. The summed E-state index contributed by atoms with van der Waals surface area (Å²) in [5, 5.41) is 3.25. The fourth-order valence-corrected chi connectivity index (χ4v) is 1.05. The molecule has 6 heteroatoms. The van der Waals surface area contributed by atoms with E-state index in [4.69, 9.17) is 16.3 Å². The zero-order valence-electron chi connectivity index (χ0n) is 7.12. The Morgan fingerprint density at radius 3 is 2.77 bits per heavy atom. The molecule has 1 saturated carbocycles. The second-order valence-electron chi connectivity index (χ2n) is 2.83. The second-order valence-corrected chi connectivity index (χ2v) is 3.17. The summed E-state index contributed by atoms with van der Waals surface area (Å²) < 4.78 is 4.85. The van der Waals surface area contributed by atoms with Gasteiger partial charge in [0.1, 0.15) is 0 Å². The lowest BCUT2D eigenvalue weighted by Crippen LogP contribution is -2.07. The maximum Gasteiger partial charge on any atom is 0.322 e. The van der Waals surface area contributed by atoms with Crippen LogP contribution in [0.15, 0.2) is 0 Å². The molecule has 1 aliphatic rings. The fraction of sp³-hybridized carbons (Fsp3) is 0.571. The third-order valence-corrected chi connectivity index (χ3v) is 1.85. The van der Waals surface area contributed by atoms with Gasteiger partial charge in [-0.1, -0.05) is 0 Å². The molecular weight excluding hydrogens is 192 g/mol. The average Bonchev–Trinajstić information content (AvgIpc) is 2.87. The lowest BCUT2D eigenvalue weighted by Gasteiger charge is -2.03. The molecule has 0 aliphatic heterocycles. The van der Waals surface area contributed by atoms with Gasteiger partial charge in [0.2, 0.25) is 11.2 Å². The minimum atomic E-state index is 0.148. The number of hydrogen-bond donors (Lipinski definition) is 1. The molecule has 0 radical (unpaired) electrons. The second kappa shape index (κ2) is 3.33. The number of methoxy groups -OCH3 is 1. The molecule has 0 spiro atoms. The summed E-state index contributed by atoms with van der Waals surface area (Å²) in [5.74, 6) is 0.486. The highest BCUT2D eigenvalue weighted by Crippen LogP contribution is 2.23. The third-order valence-electron chi connectivity index (χ3n) is 1.68. The first-order valence-electron chi connectivity index (χ1n) is 4.00. The van der Waals surface area contributed by atoms with Crippen molar-refractivity contribution >= 4 is 17.5 Å². The molecule has 13 heavy (non-hydrogen) atoms. The van der Waals surface area contributed by atoms with Gasteiger partial charge in [-0.2, -0.15) is 15.0 Å². The van der Waals surface area contributed by atoms with Crippen molar-refractivity contribution in [1.29, 1.82) is 0 Å². The van der Waals surface area contributed by atoms with E-state index in [2.05, 4.69) is 20.3 Å². The van der Waals surface area contributed by atoms with Crippen LogP contribution >= 0.6 is 11.6 Å². The lowest BCUT2D eigenvalue weighted by molar-refractivity contribution is 0.379. The molecule has 1 fully saturated rings. The molecule has 0 aromatic carbocycles. The molecule has 0 amide bonds. The van der Waals surface area contributed by atoms with Crippen molar-refractivity contribution in [3.05, 3.63) is 5.28 Å². The molecule has 1 heterocycles. The largest absolute Gasteiger partial charge is 0.467 e. The summed E-state index contributed by atoms with van der Waals surface area (Å²) in [6.07, 6.45) is 2.32. The van der Waals surface area contributed by atoms with Crippen molar-refractivity contribution in [1.82, 2.24) is 15.0 Å². The van der Waals surface area contributed by atoms with Crippen molar-refractivity contribution in [2.75, 3.05) is 12.4 Å². The summed E-state index contributed by atoms with van der Waals surface area (Å²) in [6.45, 7) is 0. The predicted octanol–water partition coefficient (Wildman–Crippen LogP) is 1.11.